The van der Waals surface area contributed by atoms with E-state index < -0.39 is 0 Å². The van der Waals surface area contributed by atoms with Gasteiger partial charge in [0.05, 0.1) is 31.8 Å². The molecule has 0 spiro atoms. The van der Waals surface area contributed by atoms with Gasteiger partial charge in [0.15, 0.2) is 0 Å². The molecule has 0 aliphatic carbocycles. The van der Waals surface area contributed by atoms with E-state index in [0.717, 1.165) is 19.4 Å². The minimum atomic E-state index is 0.0720. The largest absolute Gasteiger partial charge is 0.382 e. The Hall–Kier alpha value is -0.610. The fraction of sp³-hybridized carbons (Fsp3) is 0.600. The maximum Gasteiger partial charge on any atom is 0.0701 e. The van der Waals surface area contributed by atoms with Gasteiger partial charge in [-0.2, -0.15) is 0 Å². The maximum absolute atomic E-state index is 6.31. The predicted octanol–water partition coefficient (Wildman–Crippen LogP) is 3.43. The highest BCUT2D eigenvalue weighted by Crippen LogP contribution is 2.24. The second-order valence-corrected chi connectivity index (χ2v) is 4.76. The quantitative estimate of drug-likeness (QED) is 0.461. The summed E-state index contributed by atoms with van der Waals surface area (Å²) in [5.41, 5.74) is 1.17. The number of halogens is 1. The summed E-state index contributed by atoms with van der Waals surface area (Å²) in [4.78, 5) is 0. The Morgan fingerprint density at radius 3 is 2.26 bits per heavy atom. The van der Waals surface area contributed by atoms with E-state index in [-0.39, 0.29) is 5.38 Å². The van der Waals surface area contributed by atoms with Crippen LogP contribution in [0.1, 0.15) is 23.8 Å². The lowest BCUT2D eigenvalue weighted by Gasteiger charge is -2.10. The minimum absolute atomic E-state index is 0.0720. The molecule has 19 heavy (non-hydrogen) atoms. The van der Waals surface area contributed by atoms with Gasteiger partial charge in [0, 0.05) is 13.7 Å². The van der Waals surface area contributed by atoms with E-state index in [0.29, 0.717) is 26.4 Å². The molecule has 0 heterocycles. The molecule has 0 aliphatic heterocycles. The first-order valence-electron chi connectivity index (χ1n) is 6.68. The molecule has 0 fully saturated rings. The summed E-state index contributed by atoms with van der Waals surface area (Å²) >= 11 is 6.31. The van der Waals surface area contributed by atoms with Crippen molar-refractivity contribution in [2.45, 2.75) is 18.2 Å². The molecule has 0 aliphatic rings. The van der Waals surface area contributed by atoms with Crippen molar-refractivity contribution in [3.63, 3.8) is 0 Å². The fourth-order valence-corrected chi connectivity index (χ4v) is 1.96. The van der Waals surface area contributed by atoms with Crippen LogP contribution in [-0.4, -0.2) is 40.1 Å². The first kappa shape index (κ1) is 16.4. The van der Waals surface area contributed by atoms with Gasteiger partial charge in [0.1, 0.15) is 0 Å². The van der Waals surface area contributed by atoms with Crippen molar-refractivity contribution in [3.8, 4) is 0 Å². The van der Waals surface area contributed by atoms with Gasteiger partial charge >= 0.3 is 0 Å². The summed E-state index contributed by atoms with van der Waals surface area (Å²) in [6.07, 6.45) is 1.89. The molecule has 0 radical (unpaired) electrons. The van der Waals surface area contributed by atoms with Gasteiger partial charge in [-0.3, -0.25) is 0 Å². The molecule has 0 aromatic heterocycles. The molecule has 3 nitrogen and oxygen atoms in total. The Morgan fingerprint density at radius 1 is 0.947 bits per heavy atom. The van der Waals surface area contributed by atoms with Gasteiger partial charge in [0.25, 0.3) is 0 Å². The van der Waals surface area contributed by atoms with Crippen LogP contribution in [-0.2, 0) is 14.2 Å². The zero-order valence-corrected chi connectivity index (χ0v) is 12.3. The van der Waals surface area contributed by atoms with Gasteiger partial charge < -0.3 is 14.2 Å². The number of rotatable bonds is 11. The standard InChI is InChI=1S/C15H23ClO3/c1-17-10-11-19-13-12-18-9-5-8-15(16)14-6-3-2-4-7-14/h2-4,6-7,15H,5,8-13H2,1H3. The molecular formula is C15H23ClO3. The topological polar surface area (TPSA) is 27.7 Å². The monoisotopic (exact) mass is 286 g/mol. The summed E-state index contributed by atoms with van der Waals surface area (Å²) in [7, 11) is 1.66. The van der Waals surface area contributed by atoms with Crippen molar-refractivity contribution >= 4 is 11.6 Å². The van der Waals surface area contributed by atoms with Gasteiger partial charge in [-0.25, -0.2) is 0 Å². The van der Waals surface area contributed by atoms with Crippen LogP contribution >= 0.6 is 11.6 Å². The Balaban J connectivity index is 1.93. The van der Waals surface area contributed by atoms with Crippen LogP contribution in [0.4, 0.5) is 0 Å². The molecule has 0 amide bonds. The first-order valence-corrected chi connectivity index (χ1v) is 7.11. The van der Waals surface area contributed by atoms with E-state index in [1.54, 1.807) is 7.11 Å². The van der Waals surface area contributed by atoms with Crippen LogP contribution in [0.2, 0.25) is 0 Å². The van der Waals surface area contributed by atoms with Crippen molar-refractivity contribution in [2.75, 3.05) is 40.1 Å². The molecule has 0 saturated heterocycles. The Bertz CT molecular complexity index is 306. The summed E-state index contributed by atoms with van der Waals surface area (Å²) in [5, 5.41) is 0.0720. The molecule has 4 heteroatoms. The average Bonchev–Trinajstić information content (AvgIpc) is 2.46. The molecule has 0 N–H and O–H groups in total. The molecule has 1 atom stereocenters. The summed E-state index contributed by atoms with van der Waals surface area (Å²) in [5.74, 6) is 0. The normalized spacial score (nSPS) is 12.5. The number of hydrogen-bond donors (Lipinski definition) is 0. The summed E-state index contributed by atoms with van der Waals surface area (Å²) < 4.78 is 15.6. The number of hydrogen-bond acceptors (Lipinski definition) is 3. The minimum Gasteiger partial charge on any atom is -0.382 e. The van der Waals surface area contributed by atoms with E-state index in [4.69, 9.17) is 25.8 Å². The summed E-state index contributed by atoms with van der Waals surface area (Å²) in [6, 6.07) is 10.1. The molecule has 1 rings (SSSR count). The van der Waals surface area contributed by atoms with E-state index in [2.05, 4.69) is 12.1 Å². The highest BCUT2D eigenvalue weighted by molar-refractivity contribution is 6.20. The molecular weight excluding hydrogens is 264 g/mol. The molecule has 1 aromatic carbocycles. The highest BCUT2D eigenvalue weighted by atomic mass is 35.5. The Morgan fingerprint density at radius 2 is 1.58 bits per heavy atom. The maximum atomic E-state index is 6.31. The third-order valence-corrected chi connectivity index (χ3v) is 3.18. The number of ether oxygens (including phenoxy) is 3. The second kappa shape index (κ2) is 11.2. The van der Waals surface area contributed by atoms with Crippen molar-refractivity contribution in [1.29, 1.82) is 0 Å². The highest BCUT2D eigenvalue weighted by Gasteiger charge is 2.06. The fourth-order valence-electron chi connectivity index (χ4n) is 1.66. The van der Waals surface area contributed by atoms with Crippen molar-refractivity contribution in [3.05, 3.63) is 35.9 Å². The zero-order chi connectivity index (χ0) is 13.8. The number of benzene rings is 1. The van der Waals surface area contributed by atoms with E-state index in [9.17, 15) is 0 Å². The van der Waals surface area contributed by atoms with Crippen LogP contribution in [0.5, 0.6) is 0 Å². The first-order chi connectivity index (χ1) is 9.34. The SMILES string of the molecule is COCCOCCOCCCC(Cl)c1ccccc1. The molecule has 0 bridgehead atoms. The zero-order valence-electron chi connectivity index (χ0n) is 11.5. The number of alkyl halides is 1. The lowest BCUT2D eigenvalue weighted by Crippen LogP contribution is -2.09. The third kappa shape index (κ3) is 8.22. The average molecular weight is 287 g/mol. The summed E-state index contributed by atoms with van der Waals surface area (Å²) in [6.45, 7) is 3.22. The van der Waals surface area contributed by atoms with E-state index in [1.165, 1.54) is 5.56 Å². The van der Waals surface area contributed by atoms with E-state index in [1.807, 2.05) is 18.2 Å². The van der Waals surface area contributed by atoms with Crippen LogP contribution in [0.3, 0.4) is 0 Å². The predicted molar refractivity (Wildman–Crippen MR) is 77.8 cm³/mol. The van der Waals surface area contributed by atoms with Crippen molar-refractivity contribution < 1.29 is 14.2 Å². The Labute approximate surface area is 120 Å². The Kier molecular flexibility index (Phi) is 9.72. The van der Waals surface area contributed by atoms with E-state index >= 15 is 0 Å². The lowest BCUT2D eigenvalue weighted by molar-refractivity contribution is 0.0240. The molecule has 108 valence electrons. The molecule has 1 unspecified atom stereocenters. The van der Waals surface area contributed by atoms with Crippen LogP contribution in [0.15, 0.2) is 30.3 Å². The second-order valence-electron chi connectivity index (χ2n) is 4.24. The van der Waals surface area contributed by atoms with Crippen LogP contribution < -0.4 is 0 Å². The number of methoxy groups -OCH3 is 1. The molecule has 1 aromatic rings. The van der Waals surface area contributed by atoms with Gasteiger partial charge in [0.2, 0.25) is 0 Å². The van der Waals surface area contributed by atoms with Gasteiger partial charge in [-0.05, 0) is 18.4 Å². The van der Waals surface area contributed by atoms with Gasteiger partial charge in [-0.15, -0.1) is 11.6 Å². The third-order valence-electron chi connectivity index (χ3n) is 2.71. The molecule has 0 saturated carbocycles. The van der Waals surface area contributed by atoms with Crippen LogP contribution in [0.25, 0.3) is 0 Å². The van der Waals surface area contributed by atoms with Gasteiger partial charge in [-0.1, -0.05) is 30.3 Å². The smallest absolute Gasteiger partial charge is 0.0701 e. The van der Waals surface area contributed by atoms with Crippen molar-refractivity contribution in [1.82, 2.24) is 0 Å². The van der Waals surface area contributed by atoms with Crippen molar-refractivity contribution in [2.24, 2.45) is 0 Å². The lowest BCUT2D eigenvalue weighted by atomic mass is 10.1. The van der Waals surface area contributed by atoms with Crippen LogP contribution in [0, 0.1) is 0 Å².